The molecule has 2 saturated carbocycles. The smallest absolute Gasteiger partial charge is 0.338 e. The third kappa shape index (κ3) is 7.47. The van der Waals surface area contributed by atoms with Gasteiger partial charge in [-0.2, -0.15) is 0 Å². The minimum absolute atomic E-state index is 0.0104. The number of carbonyl (C=O) groups excluding carboxylic acids is 2. The van der Waals surface area contributed by atoms with Crippen LogP contribution in [-0.2, 0) is 26.0 Å². The number of nitrogens with zero attached hydrogens (tertiary/aromatic N) is 4. The van der Waals surface area contributed by atoms with Crippen LogP contribution in [0.5, 0.6) is 5.88 Å². The maximum absolute atomic E-state index is 14.7. The molecule has 0 amide bonds. The molecule has 1 saturated heterocycles. The van der Waals surface area contributed by atoms with E-state index in [0.29, 0.717) is 31.6 Å². The number of aryl methyl sites for hydroxylation is 1. The normalized spacial score (nSPS) is 19.2. The van der Waals surface area contributed by atoms with Crippen LogP contribution in [0.3, 0.4) is 0 Å². The summed E-state index contributed by atoms with van der Waals surface area (Å²) in [6.07, 6.45) is 8.05. The maximum atomic E-state index is 14.7. The molecule has 3 aliphatic rings. The second-order valence-electron chi connectivity index (χ2n) is 15.1. The number of methoxy groups -OCH3 is 2. The van der Waals surface area contributed by atoms with Crippen LogP contribution in [0.2, 0.25) is 0 Å². The summed E-state index contributed by atoms with van der Waals surface area (Å²) < 4.78 is 58.7. The highest BCUT2D eigenvalue weighted by Gasteiger charge is 2.53. The van der Waals surface area contributed by atoms with Crippen molar-refractivity contribution >= 4 is 39.4 Å². The summed E-state index contributed by atoms with van der Waals surface area (Å²) in [5, 5.41) is 2.29. The van der Waals surface area contributed by atoms with E-state index in [9.17, 15) is 18.4 Å². The molecule has 0 N–H and O–H groups in total. The molecule has 5 aromatic rings. The van der Waals surface area contributed by atoms with Gasteiger partial charge in [0.25, 0.3) is 5.92 Å². The lowest BCUT2D eigenvalue weighted by Crippen LogP contribution is -2.64. The van der Waals surface area contributed by atoms with Crippen LogP contribution < -0.4 is 9.64 Å². The average molecular weight is 755 g/mol. The van der Waals surface area contributed by atoms with Gasteiger partial charge in [0.2, 0.25) is 5.88 Å². The molecule has 0 unspecified atom stereocenters. The maximum Gasteiger partial charge on any atom is 0.338 e. The molecule has 11 nitrogen and oxygen atoms in total. The topological polar surface area (TPSA) is 114 Å². The summed E-state index contributed by atoms with van der Waals surface area (Å²) >= 11 is 0. The van der Waals surface area contributed by atoms with Gasteiger partial charge in [0.15, 0.2) is 0 Å². The summed E-state index contributed by atoms with van der Waals surface area (Å²) in [7, 11) is 4.57. The molecule has 288 valence electrons. The van der Waals surface area contributed by atoms with E-state index in [1.807, 2.05) is 36.8 Å². The van der Waals surface area contributed by atoms with Crippen LogP contribution >= 0.6 is 0 Å². The van der Waals surface area contributed by atoms with Gasteiger partial charge in [-0.05, 0) is 61.2 Å². The van der Waals surface area contributed by atoms with Crippen molar-refractivity contribution < 1.29 is 42.1 Å². The lowest BCUT2D eigenvalue weighted by Gasteiger charge is -2.59. The molecule has 4 heterocycles. The van der Waals surface area contributed by atoms with Gasteiger partial charge in [-0.1, -0.05) is 12.1 Å². The molecule has 1 spiro atoms. The highest BCUT2D eigenvalue weighted by Crippen LogP contribution is 2.51. The van der Waals surface area contributed by atoms with Crippen LogP contribution in [0.25, 0.3) is 32.9 Å². The van der Waals surface area contributed by atoms with Crippen molar-refractivity contribution in [1.82, 2.24) is 14.5 Å². The van der Waals surface area contributed by atoms with Gasteiger partial charge < -0.3 is 33.2 Å². The Bertz CT molecular complexity index is 2210. The predicted molar refractivity (Wildman–Crippen MR) is 202 cm³/mol. The van der Waals surface area contributed by atoms with Crippen molar-refractivity contribution in [3.8, 4) is 17.0 Å². The van der Waals surface area contributed by atoms with Crippen LogP contribution in [0, 0.1) is 5.41 Å². The quantitative estimate of drug-likeness (QED) is 0.0840. The van der Waals surface area contributed by atoms with Crippen molar-refractivity contribution in [2.24, 2.45) is 12.5 Å². The third-order valence-electron chi connectivity index (χ3n) is 11.3. The number of hydrogen-bond acceptors (Lipinski definition) is 10. The number of fused-ring (bicyclic) bond motifs is 3. The van der Waals surface area contributed by atoms with Gasteiger partial charge in [-0.25, -0.2) is 23.4 Å². The first-order chi connectivity index (χ1) is 26.5. The number of benzene rings is 2. The molecule has 0 radical (unpaired) electrons. The second kappa shape index (κ2) is 14.8. The van der Waals surface area contributed by atoms with Gasteiger partial charge in [0, 0.05) is 104 Å². The zero-order valence-electron chi connectivity index (χ0n) is 31.1. The number of pyridine rings is 2. The van der Waals surface area contributed by atoms with E-state index in [1.165, 1.54) is 14.2 Å². The molecule has 0 bridgehead atoms. The highest BCUT2D eigenvalue weighted by molar-refractivity contribution is 6.08. The summed E-state index contributed by atoms with van der Waals surface area (Å²) in [6, 6.07) is 17.3. The van der Waals surface area contributed by atoms with Crippen molar-refractivity contribution in [3.63, 3.8) is 0 Å². The van der Waals surface area contributed by atoms with Gasteiger partial charge in [0.05, 0.1) is 43.1 Å². The number of carbonyl (C=O) groups is 2. The fraction of sp³-hybridized carbons (Fsp3) is 0.429. The molecule has 55 heavy (non-hydrogen) atoms. The number of rotatable bonds is 14. The summed E-state index contributed by atoms with van der Waals surface area (Å²) in [6.45, 7) is 1.10. The number of esters is 2. The van der Waals surface area contributed by atoms with Gasteiger partial charge in [-0.15, -0.1) is 0 Å². The Morgan fingerprint density at radius 2 is 1.60 bits per heavy atom. The largest absolute Gasteiger partial charge is 0.474 e. The van der Waals surface area contributed by atoms with Crippen molar-refractivity contribution in [1.29, 1.82) is 0 Å². The van der Waals surface area contributed by atoms with Crippen molar-refractivity contribution in [2.75, 3.05) is 45.4 Å². The Kier molecular flexibility index (Phi) is 9.93. The van der Waals surface area contributed by atoms with Crippen LogP contribution in [0.4, 0.5) is 14.5 Å². The lowest BCUT2D eigenvalue weighted by molar-refractivity contribution is -0.155. The average Bonchev–Trinajstić information content (AvgIpc) is 3.44. The van der Waals surface area contributed by atoms with E-state index in [-0.39, 0.29) is 54.3 Å². The highest BCUT2D eigenvalue weighted by atomic mass is 19.3. The predicted octanol–water partition coefficient (Wildman–Crippen LogP) is 7.39. The van der Waals surface area contributed by atoms with E-state index in [4.69, 9.17) is 23.7 Å². The second-order valence-corrected chi connectivity index (χ2v) is 15.1. The van der Waals surface area contributed by atoms with Crippen LogP contribution in [0.1, 0.15) is 59.2 Å². The molecule has 13 heteroatoms. The first-order valence-corrected chi connectivity index (χ1v) is 18.7. The Balaban J connectivity index is 0.712. The summed E-state index contributed by atoms with van der Waals surface area (Å²) in [4.78, 5) is 35.3. The zero-order chi connectivity index (χ0) is 38.3. The number of alkyl halides is 2. The molecule has 3 aromatic heterocycles. The molecule has 2 aromatic carbocycles. The monoisotopic (exact) mass is 754 g/mol. The standard InChI is InChI=1S/C42H44F2N4O7/c1-47-36-11-13-45-22-35(36)32-8-5-26(15-37(32)47)27-6-10-38(46-21-27)55-30-17-29(18-30)53-14-4-12-42(43,44)25-54-31-19-41(20-31)23-48(24-41)28-7-9-33(39(49)51-2)34(16-28)40(50)52-3/h5-11,13,15-16,21-22,29-31H,4,12,14,17-20,23-25H2,1-3H3. The molecular formula is C42H44F2N4O7. The van der Waals surface area contributed by atoms with E-state index in [0.717, 1.165) is 51.7 Å². The fourth-order valence-corrected chi connectivity index (χ4v) is 8.19. The summed E-state index contributed by atoms with van der Waals surface area (Å²) in [5.41, 5.74) is 5.41. The first kappa shape index (κ1) is 36.8. The number of aromatic nitrogens is 3. The number of ether oxygens (including phenoxy) is 5. The van der Waals surface area contributed by atoms with E-state index < -0.39 is 24.5 Å². The van der Waals surface area contributed by atoms with E-state index in [2.05, 4.69) is 44.7 Å². The SMILES string of the molecule is COC(=O)c1ccc(N2CC3(CC(OCC(F)(F)CCCOC4CC(Oc5ccc(-c6ccc7c8cnccc8n(C)c7c6)cn5)C4)C3)C2)cc1C(=O)OC. The van der Waals surface area contributed by atoms with Crippen molar-refractivity contribution in [2.45, 2.75) is 62.8 Å². The molecule has 3 fully saturated rings. The van der Waals surface area contributed by atoms with E-state index >= 15 is 0 Å². The minimum atomic E-state index is -2.93. The van der Waals surface area contributed by atoms with E-state index in [1.54, 1.807) is 18.2 Å². The Morgan fingerprint density at radius 1 is 0.836 bits per heavy atom. The molecule has 2 aliphatic carbocycles. The number of hydrogen-bond donors (Lipinski definition) is 0. The van der Waals surface area contributed by atoms with Crippen LogP contribution in [0.15, 0.2) is 73.2 Å². The third-order valence-corrected chi connectivity index (χ3v) is 11.3. The lowest BCUT2D eigenvalue weighted by atomic mass is 9.61. The molecule has 8 rings (SSSR count). The minimum Gasteiger partial charge on any atom is -0.474 e. The summed E-state index contributed by atoms with van der Waals surface area (Å²) in [5.74, 6) is -3.61. The van der Waals surface area contributed by atoms with Gasteiger partial charge >= 0.3 is 11.9 Å². The van der Waals surface area contributed by atoms with Gasteiger partial charge in [-0.3, -0.25) is 4.98 Å². The Morgan fingerprint density at radius 3 is 2.35 bits per heavy atom. The fourth-order valence-electron chi connectivity index (χ4n) is 8.19. The van der Waals surface area contributed by atoms with Crippen molar-refractivity contribution in [3.05, 3.63) is 84.3 Å². The molecule has 0 atom stereocenters. The first-order valence-electron chi connectivity index (χ1n) is 18.7. The Labute approximate surface area is 317 Å². The van der Waals surface area contributed by atoms with Gasteiger partial charge in [0.1, 0.15) is 12.7 Å². The molecular weight excluding hydrogens is 710 g/mol. The number of anilines is 1. The Hall–Kier alpha value is -5.14. The zero-order valence-corrected chi connectivity index (χ0v) is 31.1. The molecule has 1 aliphatic heterocycles. The van der Waals surface area contributed by atoms with Crippen LogP contribution in [-0.4, -0.2) is 91.2 Å². The number of halogens is 2.